The Bertz CT molecular complexity index is 999. The molecule has 0 fully saturated rings. The monoisotopic (exact) mass is 524 g/mol. The molecule has 0 aromatic heterocycles. The Hall–Kier alpha value is -2.57. The fourth-order valence-electron chi connectivity index (χ4n) is 2.30. The number of ether oxygens (including phenoxy) is 2. The molecule has 6 nitrogen and oxygen atoms in total. The van der Waals surface area contributed by atoms with Crippen molar-refractivity contribution in [3.8, 4) is 11.8 Å². The van der Waals surface area contributed by atoms with Crippen LogP contribution in [0.1, 0.15) is 18.1 Å². The molecule has 0 radical (unpaired) electrons. The second-order valence-electron chi connectivity index (χ2n) is 5.87. The van der Waals surface area contributed by atoms with E-state index in [-0.39, 0.29) is 18.8 Å². The third-order valence-electron chi connectivity index (χ3n) is 3.73. The second kappa shape index (κ2) is 10.8. The van der Waals surface area contributed by atoms with Crippen LogP contribution in [0.5, 0.6) is 5.75 Å². The molecule has 0 heterocycles. The molecule has 0 bridgehead atoms. The van der Waals surface area contributed by atoms with Gasteiger partial charge in [0.2, 0.25) is 0 Å². The van der Waals surface area contributed by atoms with E-state index in [0.717, 1.165) is 9.13 Å². The predicted octanol–water partition coefficient (Wildman–Crippen LogP) is 4.74. The quantitative estimate of drug-likeness (QED) is 0.245. The van der Waals surface area contributed by atoms with Crippen molar-refractivity contribution in [1.29, 1.82) is 5.26 Å². The van der Waals surface area contributed by atoms with E-state index in [2.05, 4.69) is 27.9 Å². The Morgan fingerprint density at radius 1 is 1.28 bits per heavy atom. The summed E-state index contributed by atoms with van der Waals surface area (Å²) in [6, 6.07) is 12.2. The van der Waals surface area contributed by atoms with Gasteiger partial charge in [-0.2, -0.15) is 5.26 Å². The molecule has 0 unspecified atom stereocenters. The number of carbonyl (C=O) groups excluding carboxylic acids is 2. The predicted molar refractivity (Wildman–Crippen MR) is 120 cm³/mol. The highest BCUT2D eigenvalue weighted by Crippen LogP contribution is 2.24. The van der Waals surface area contributed by atoms with Crippen LogP contribution in [0.2, 0.25) is 5.02 Å². The summed E-state index contributed by atoms with van der Waals surface area (Å²) >= 11 is 8.02. The topological polar surface area (TPSA) is 88.4 Å². The van der Waals surface area contributed by atoms with E-state index in [1.807, 2.05) is 13.0 Å². The molecule has 2 rings (SSSR count). The Morgan fingerprint density at radius 3 is 2.69 bits per heavy atom. The van der Waals surface area contributed by atoms with Crippen LogP contribution in [0.25, 0.3) is 6.08 Å². The van der Waals surface area contributed by atoms with Crippen molar-refractivity contribution in [2.24, 2.45) is 0 Å². The molecule has 150 valence electrons. The summed E-state index contributed by atoms with van der Waals surface area (Å²) in [6.45, 7) is 3.65. The van der Waals surface area contributed by atoms with Crippen molar-refractivity contribution in [3.63, 3.8) is 0 Å². The van der Waals surface area contributed by atoms with E-state index in [4.69, 9.17) is 21.1 Å². The Morgan fingerprint density at radius 2 is 2.03 bits per heavy atom. The van der Waals surface area contributed by atoms with Crippen molar-refractivity contribution in [2.45, 2.75) is 13.8 Å². The van der Waals surface area contributed by atoms with Gasteiger partial charge in [-0.3, -0.25) is 4.79 Å². The van der Waals surface area contributed by atoms with Gasteiger partial charge in [-0.15, -0.1) is 0 Å². The first-order valence-corrected chi connectivity index (χ1v) is 10.1. The molecule has 0 aliphatic carbocycles. The Balaban J connectivity index is 2.14. The van der Waals surface area contributed by atoms with Crippen LogP contribution in [0.3, 0.4) is 0 Å². The minimum Gasteiger partial charge on any atom is -0.481 e. The van der Waals surface area contributed by atoms with Crippen LogP contribution < -0.4 is 10.1 Å². The molecule has 8 heteroatoms. The molecule has 2 aromatic rings. The molecule has 29 heavy (non-hydrogen) atoms. The third kappa shape index (κ3) is 6.76. The van der Waals surface area contributed by atoms with Gasteiger partial charge >= 0.3 is 5.97 Å². The van der Waals surface area contributed by atoms with Crippen LogP contribution in [0.15, 0.2) is 42.0 Å². The third-order valence-corrected chi connectivity index (χ3v) is 4.81. The Kier molecular flexibility index (Phi) is 8.49. The number of esters is 1. The first-order chi connectivity index (χ1) is 13.8. The van der Waals surface area contributed by atoms with Gasteiger partial charge in [0.05, 0.1) is 10.2 Å². The number of halogens is 2. The molecule has 0 aliphatic heterocycles. The summed E-state index contributed by atoms with van der Waals surface area (Å²) in [5, 5.41) is 12.6. The lowest BCUT2D eigenvalue weighted by atomic mass is 10.1. The largest absolute Gasteiger partial charge is 0.481 e. The highest BCUT2D eigenvalue weighted by molar-refractivity contribution is 14.1. The summed E-state index contributed by atoms with van der Waals surface area (Å²) in [5.41, 5.74) is 1.96. The molecule has 1 N–H and O–H groups in total. The summed E-state index contributed by atoms with van der Waals surface area (Å²) in [7, 11) is 0. The van der Waals surface area contributed by atoms with Crippen LogP contribution in [0.4, 0.5) is 5.69 Å². The number of benzene rings is 2. The lowest BCUT2D eigenvalue weighted by molar-refractivity contribution is -0.145. The first-order valence-electron chi connectivity index (χ1n) is 8.61. The normalized spacial score (nSPS) is 10.8. The van der Waals surface area contributed by atoms with Crippen LogP contribution in [-0.2, 0) is 14.3 Å². The number of aryl methyl sites for hydroxylation is 1. The number of nitriles is 1. The maximum absolute atomic E-state index is 12.5. The molecule has 2 aromatic carbocycles. The molecule has 0 aliphatic rings. The average Bonchev–Trinajstić information content (AvgIpc) is 2.68. The number of nitrogens with zero attached hydrogens (tertiary/aromatic N) is 1. The number of nitrogens with one attached hydrogen (secondary N) is 1. The van der Waals surface area contributed by atoms with Gasteiger partial charge in [0.25, 0.3) is 5.91 Å². The molecule has 0 saturated carbocycles. The van der Waals surface area contributed by atoms with E-state index in [9.17, 15) is 14.9 Å². The van der Waals surface area contributed by atoms with Crippen molar-refractivity contribution >= 4 is 57.8 Å². The number of hydrogen-bond acceptors (Lipinski definition) is 5. The second-order valence-corrected chi connectivity index (χ2v) is 7.47. The van der Waals surface area contributed by atoms with Crippen molar-refractivity contribution in [3.05, 3.63) is 61.7 Å². The highest BCUT2D eigenvalue weighted by Gasteiger charge is 2.12. The first kappa shape index (κ1) is 22.7. The fourth-order valence-corrected chi connectivity index (χ4v) is 3.16. The van der Waals surface area contributed by atoms with Crippen molar-refractivity contribution in [2.75, 3.05) is 18.5 Å². The number of anilines is 1. The van der Waals surface area contributed by atoms with Gasteiger partial charge in [-0.25, -0.2) is 4.79 Å². The van der Waals surface area contributed by atoms with Crippen molar-refractivity contribution < 1.29 is 19.1 Å². The molecular weight excluding hydrogens is 507 g/mol. The van der Waals surface area contributed by atoms with Gasteiger partial charge in [-0.1, -0.05) is 23.7 Å². The number of carbonyl (C=O) groups is 2. The zero-order chi connectivity index (χ0) is 21.4. The van der Waals surface area contributed by atoms with Gasteiger partial charge in [-0.05, 0) is 77.9 Å². The zero-order valence-corrected chi connectivity index (χ0v) is 18.7. The molecule has 0 spiro atoms. The summed E-state index contributed by atoms with van der Waals surface area (Å²) < 4.78 is 11.0. The average molecular weight is 525 g/mol. The van der Waals surface area contributed by atoms with E-state index >= 15 is 0 Å². The number of amides is 1. The summed E-state index contributed by atoms with van der Waals surface area (Å²) in [4.78, 5) is 23.9. The van der Waals surface area contributed by atoms with Gasteiger partial charge in [0.15, 0.2) is 6.61 Å². The minimum absolute atomic E-state index is 0.0552. The van der Waals surface area contributed by atoms with E-state index in [1.165, 1.54) is 6.08 Å². The van der Waals surface area contributed by atoms with Crippen molar-refractivity contribution in [1.82, 2.24) is 0 Å². The Labute approximate surface area is 187 Å². The molecule has 0 atom stereocenters. The van der Waals surface area contributed by atoms with E-state index < -0.39 is 11.9 Å². The molecule has 0 saturated heterocycles. The minimum atomic E-state index is -0.532. The SMILES string of the molecule is CCOC(=O)COc1ccc(/C=C(\C#N)C(=O)Nc2cc(Cl)ccc2C)cc1I. The smallest absolute Gasteiger partial charge is 0.344 e. The van der Waals surface area contributed by atoms with Gasteiger partial charge in [0.1, 0.15) is 17.4 Å². The highest BCUT2D eigenvalue weighted by atomic mass is 127. The van der Waals surface area contributed by atoms with Crippen LogP contribution in [0, 0.1) is 21.8 Å². The van der Waals surface area contributed by atoms with Gasteiger partial charge < -0.3 is 14.8 Å². The molecular formula is C21H18ClIN2O4. The summed E-state index contributed by atoms with van der Waals surface area (Å²) in [5.74, 6) is -0.476. The van der Waals surface area contributed by atoms with Crippen LogP contribution in [-0.4, -0.2) is 25.1 Å². The summed E-state index contributed by atoms with van der Waals surface area (Å²) in [6.07, 6.45) is 1.48. The molecule has 1 amide bonds. The fraction of sp³-hybridized carbons (Fsp3) is 0.190. The number of rotatable bonds is 7. The van der Waals surface area contributed by atoms with Crippen LogP contribution >= 0.6 is 34.2 Å². The van der Waals surface area contributed by atoms with Gasteiger partial charge in [0, 0.05) is 10.7 Å². The lowest BCUT2D eigenvalue weighted by Gasteiger charge is -2.09. The van der Waals surface area contributed by atoms with E-state index in [1.54, 1.807) is 43.3 Å². The lowest BCUT2D eigenvalue weighted by Crippen LogP contribution is -2.15. The zero-order valence-electron chi connectivity index (χ0n) is 15.8. The maximum Gasteiger partial charge on any atom is 0.344 e. The standard InChI is InChI=1S/C21H18ClIN2O4/c1-3-28-20(26)12-29-19-7-5-14(9-17(19)23)8-15(11-24)21(27)25-18-10-16(22)6-4-13(18)2/h4-10H,3,12H2,1-2H3,(H,25,27)/b15-8+. The maximum atomic E-state index is 12.5. The van der Waals surface area contributed by atoms with E-state index in [0.29, 0.717) is 22.0 Å². The number of hydrogen-bond donors (Lipinski definition) is 1.